The van der Waals surface area contributed by atoms with Crippen molar-refractivity contribution in [3.8, 4) is 16.8 Å². The van der Waals surface area contributed by atoms with Gasteiger partial charge in [-0.3, -0.25) is 28.2 Å². The highest BCUT2D eigenvalue weighted by molar-refractivity contribution is 7.92. The van der Waals surface area contributed by atoms with Gasteiger partial charge in [0.1, 0.15) is 35.4 Å². The second-order valence-electron chi connectivity index (χ2n) is 17.9. The summed E-state index contributed by atoms with van der Waals surface area (Å²) in [6.45, 7) is 3.63. The molecule has 1 fully saturated rings. The molecule has 23 heteroatoms. The summed E-state index contributed by atoms with van der Waals surface area (Å²) in [4.78, 5) is 34.3. The van der Waals surface area contributed by atoms with Crippen molar-refractivity contribution >= 4 is 65.0 Å². The maximum Gasteiger partial charge on any atom is 0.293 e. The summed E-state index contributed by atoms with van der Waals surface area (Å²) in [5, 5.41) is 10.7. The lowest BCUT2D eigenvalue weighted by Gasteiger charge is -2.24. The molecular weight excluding hydrogens is 962 g/mol. The molecule has 356 valence electrons. The number of anilines is 1. The lowest BCUT2D eigenvalue weighted by molar-refractivity contribution is -0.123. The Hall–Kier alpha value is -6.26. The fraction of sp³-hybridized carbons (Fsp3) is 0.311. The quantitative estimate of drug-likeness (QED) is 0.114. The van der Waals surface area contributed by atoms with E-state index in [-0.39, 0.29) is 66.6 Å². The zero-order valence-corrected chi connectivity index (χ0v) is 38.8. The third kappa shape index (κ3) is 8.08. The first-order valence-electron chi connectivity index (χ1n) is 20.8. The number of carbonyl (C=O) groups is 1. The monoisotopic (exact) mass is 1000 g/mol. The van der Waals surface area contributed by atoms with Gasteiger partial charge in [0.2, 0.25) is 15.9 Å². The van der Waals surface area contributed by atoms with Crippen molar-refractivity contribution in [3.63, 3.8) is 0 Å². The predicted octanol–water partition coefficient (Wildman–Crippen LogP) is 8.26. The topological polar surface area (TPSA) is 180 Å². The highest BCUT2D eigenvalue weighted by Crippen LogP contribution is 2.68. The minimum absolute atomic E-state index is 0.00357. The molecule has 68 heavy (non-hydrogen) atoms. The fourth-order valence-electron chi connectivity index (χ4n) is 8.96. The minimum Gasteiger partial charge on any atom is -0.344 e. The predicted molar refractivity (Wildman–Crippen MR) is 240 cm³/mol. The fourth-order valence-corrected chi connectivity index (χ4v) is 10.9. The molecule has 0 saturated heterocycles. The highest BCUT2D eigenvalue weighted by Gasteiger charge is 2.67. The molecule has 0 bridgehead atoms. The largest absolute Gasteiger partial charge is 0.344 e. The summed E-state index contributed by atoms with van der Waals surface area (Å²) >= 11 is 6.65. The molecule has 0 spiro atoms. The van der Waals surface area contributed by atoms with Crippen molar-refractivity contribution in [1.82, 2.24) is 34.4 Å². The summed E-state index contributed by atoms with van der Waals surface area (Å²) < 4.78 is 145. The number of benzene rings is 4. The Bertz CT molecular complexity index is 3550. The van der Waals surface area contributed by atoms with Gasteiger partial charge in [-0.1, -0.05) is 29.8 Å². The van der Waals surface area contributed by atoms with Crippen molar-refractivity contribution in [1.29, 1.82) is 0 Å². The Morgan fingerprint density at radius 2 is 1.65 bits per heavy atom. The summed E-state index contributed by atoms with van der Waals surface area (Å²) in [5.41, 5.74) is -2.08. The number of rotatable bonds is 12. The molecule has 0 aliphatic heterocycles. The SMILES string of the molecule is Cn1nc(NS(C)(=O)=O)c2c(Cl)ccc(-n3c([C@H](Cc4cc(F)cc(F)c4)NC(=O)Cn4nc(C(F)F)c5c4C(F)(F)[C@@H]4C[C@H]54)nc4cc(-c5cccc(S(=O)(=O)C(C)(C)C)c5)ccc4c3=O)c21. The van der Waals surface area contributed by atoms with Crippen LogP contribution in [0.5, 0.6) is 0 Å². The minimum atomic E-state index is -3.95. The summed E-state index contributed by atoms with van der Waals surface area (Å²) in [6.07, 6.45) is -2.90. The first-order valence-corrected chi connectivity index (χ1v) is 24.6. The van der Waals surface area contributed by atoms with Crippen molar-refractivity contribution in [2.45, 2.75) is 74.1 Å². The van der Waals surface area contributed by atoms with Crippen molar-refractivity contribution < 1.29 is 48.0 Å². The Morgan fingerprint density at radius 1 is 0.956 bits per heavy atom. The number of alkyl halides is 4. The average Bonchev–Trinajstić information content (AvgIpc) is 3.78. The summed E-state index contributed by atoms with van der Waals surface area (Å²) in [5.74, 6) is -9.34. The van der Waals surface area contributed by atoms with Crippen LogP contribution in [-0.2, 0) is 50.6 Å². The average molecular weight is 1000 g/mol. The van der Waals surface area contributed by atoms with E-state index in [0.29, 0.717) is 21.9 Å². The molecule has 4 aromatic carbocycles. The number of fused-ring (bicyclic) bond motifs is 5. The van der Waals surface area contributed by atoms with E-state index in [1.807, 2.05) is 0 Å². The molecule has 7 aromatic rings. The normalized spacial score (nSPS) is 17.1. The number of aromatic nitrogens is 6. The zero-order valence-electron chi connectivity index (χ0n) is 36.5. The maximum absolute atomic E-state index is 15.6. The Labute approximate surface area is 388 Å². The highest BCUT2D eigenvalue weighted by atomic mass is 35.5. The number of sulfone groups is 1. The Balaban J connectivity index is 1.27. The first kappa shape index (κ1) is 46.8. The van der Waals surface area contributed by atoms with Crippen molar-refractivity contribution in [2.75, 3.05) is 11.0 Å². The summed E-state index contributed by atoms with van der Waals surface area (Å²) in [6, 6.07) is 14.2. The van der Waals surface area contributed by atoms with E-state index in [0.717, 1.165) is 23.0 Å². The Morgan fingerprint density at radius 3 is 2.31 bits per heavy atom. The van der Waals surface area contributed by atoms with E-state index in [1.165, 1.54) is 48.1 Å². The molecule has 14 nitrogen and oxygen atoms in total. The van der Waals surface area contributed by atoms with Crippen LogP contribution in [0.1, 0.15) is 73.9 Å². The molecule has 0 unspecified atom stereocenters. The third-order valence-corrected chi connectivity index (χ3v) is 15.5. The van der Waals surface area contributed by atoms with Gasteiger partial charge in [-0.25, -0.2) is 39.4 Å². The number of hydrogen-bond donors (Lipinski definition) is 2. The van der Waals surface area contributed by atoms with Gasteiger partial charge in [0.05, 0.1) is 54.5 Å². The second-order valence-corrected chi connectivity index (χ2v) is 22.8. The van der Waals surface area contributed by atoms with Gasteiger partial charge in [0.25, 0.3) is 17.9 Å². The molecule has 2 aliphatic rings. The van der Waals surface area contributed by atoms with Gasteiger partial charge >= 0.3 is 0 Å². The molecule has 0 radical (unpaired) electrons. The van der Waals surface area contributed by atoms with Crippen molar-refractivity contribution in [2.24, 2.45) is 13.0 Å². The molecule has 2 aliphatic carbocycles. The van der Waals surface area contributed by atoms with Crippen LogP contribution in [0, 0.1) is 17.6 Å². The van der Waals surface area contributed by atoms with Gasteiger partial charge in [-0.05, 0) is 98.3 Å². The number of sulfonamides is 1. The van der Waals surface area contributed by atoms with Crippen LogP contribution in [0.25, 0.3) is 38.6 Å². The van der Waals surface area contributed by atoms with Crippen LogP contribution in [0.3, 0.4) is 0 Å². The van der Waals surface area contributed by atoms with Crippen LogP contribution >= 0.6 is 11.6 Å². The maximum atomic E-state index is 15.6. The molecule has 2 N–H and O–H groups in total. The molecule has 1 saturated carbocycles. The van der Waals surface area contributed by atoms with Gasteiger partial charge in [0.15, 0.2) is 15.7 Å². The van der Waals surface area contributed by atoms with E-state index in [1.54, 1.807) is 39.0 Å². The Kier molecular flexibility index (Phi) is 11.1. The third-order valence-electron chi connectivity index (χ3n) is 12.1. The lowest BCUT2D eigenvalue weighted by Crippen LogP contribution is -2.38. The van der Waals surface area contributed by atoms with Crippen LogP contribution in [0.4, 0.5) is 32.2 Å². The number of amides is 1. The van der Waals surface area contributed by atoms with Crippen LogP contribution in [0.15, 0.2) is 82.5 Å². The van der Waals surface area contributed by atoms with Crippen LogP contribution in [0.2, 0.25) is 5.02 Å². The van der Waals surface area contributed by atoms with Gasteiger partial charge in [0, 0.05) is 31.0 Å². The molecule has 1 amide bonds. The van der Waals surface area contributed by atoms with Crippen LogP contribution < -0.4 is 15.6 Å². The lowest BCUT2D eigenvalue weighted by atomic mass is 10.0. The van der Waals surface area contributed by atoms with Gasteiger partial charge in [-0.15, -0.1) is 0 Å². The van der Waals surface area contributed by atoms with Gasteiger partial charge < -0.3 is 5.32 Å². The number of nitrogens with one attached hydrogen (secondary N) is 2. The molecular formula is C45H39ClF6N8O6S2. The van der Waals surface area contributed by atoms with Gasteiger partial charge in [-0.2, -0.15) is 19.0 Å². The number of carbonyl (C=O) groups excluding carboxylic acids is 1. The standard InChI is InChI=1S/C45H39ClF6N8O6S2/c1-44(2,3)68(65,66)26-8-6-7-22(16-26)23-9-10-27-31(17-23)54-42(60(43(27)62)33-12-11-30(46)36-38(33)58(4)56-41(36)57-67(5,63)64)32(15-21-13-24(47)18-25(48)14-21)53-34(61)20-59-39-35(37(55-59)40(49)50)28-19-29(28)45(39,51)52/h6-14,16-18,28-29,32,40H,15,19-20H2,1-5H3,(H,53,61)(H,56,57)/t28-,29+,32-/m0/s1. The van der Waals surface area contributed by atoms with Crippen molar-refractivity contribution in [3.05, 3.63) is 128 Å². The smallest absolute Gasteiger partial charge is 0.293 e. The van der Waals surface area contributed by atoms with E-state index in [2.05, 4.69) is 20.2 Å². The number of halogens is 7. The first-order chi connectivity index (χ1) is 31.7. The van der Waals surface area contributed by atoms with E-state index >= 15 is 13.6 Å². The van der Waals surface area contributed by atoms with E-state index in [9.17, 15) is 39.2 Å². The molecule has 3 aromatic heterocycles. The molecule has 9 rings (SSSR count). The molecule has 3 heterocycles. The number of hydrogen-bond acceptors (Lipinski definition) is 9. The van der Waals surface area contributed by atoms with E-state index in [4.69, 9.17) is 16.6 Å². The summed E-state index contributed by atoms with van der Waals surface area (Å²) in [7, 11) is -6.35. The zero-order chi connectivity index (χ0) is 49.2. The molecule has 3 atom stereocenters. The number of aryl methyl sites for hydroxylation is 1. The van der Waals surface area contributed by atoms with Crippen LogP contribution in [-0.4, -0.2) is 62.9 Å². The number of nitrogens with zero attached hydrogens (tertiary/aromatic N) is 6. The second kappa shape index (κ2) is 16.2. The van der Waals surface area contributed by atoms with E-state index < -0.39 is 102 Å².